The number of hydrogen-bond donors (Lipinski definition) is 1. The number of nitrogens with zero attached hydrogens (tertiary/aromatic N) is 3. The average Bonchev–Trinajstić information content (AvgIpc) is 3.02. The Morgan fingerprint density at radius 2 is 2.11 bits per heavy atom. The summed E-state index contributed by atoms with van der Waals surface area (Å²) >= 11 is 0. The quantitative estimate of drug-likeness (QED) is 0.776. The molecule has 4 nitrogen and oxygen atoms in total. The van der Waals surface area contributed by atoms with Crippen LogP contribution in [0.2, 0.25) is 0 Å². The SMILES string of the molecule is Cn1nccc1CCn1ccc2cccc(CO)c21. The molecule has 0 bridgehead atoms. The van der Waals surface area contributed by atoms with Crippen LogP contribution in [-0.2, 0) is 26.6 Å². The number of para-hydroxylation sites is 1. The Hall–Kier alpha value is -2.07. The number of benzene rings is 1. The van der Waals surface area contributed by atoms with Gasteiger partial charge in [-0.15, -0.1) is 0 Å². The van der Waals surface area contributed by atoms with Gasteiger partial charge in [0.25, 0.3) is 0 Å². The molecule has 0 aliphatic heterocycles. The summed E-state index contributed by atoms with van der Waals surface area (Å²) < 4.78 is 4.10. The average molecular weight is 255 g/mol. The number of hydrogen-bond acceptors (Lipinski definition) is 2. The summed E-state index contributed by atoms with van der Waals surface area (Å²) in [6.07, 6.45) is 4.84. The lowest BCUT2D eigenvalue weighted by Crippen LogP contribution is -2.05. The van der Waals surface area contributed by atoms with Gasteiger partial charge in [0.05, 0.1) is 12.1 Å². The summed E-state index contributed by atoms with van der Waals surface area (Å²) in [6.45, 7) is 0.965. The van der Waals surface area contributed by atoms with Crippen LogP contribution >= 0.6 is 0 Å². The number of aromatic nitrogens is 3. The second-order valence-electron chi connectivity index (χ2n) is 4.72. The monoisotopic (exact) mass is 255 g/mol. The molecule has 0 spiro atoms. The highest BCUT2D eigenvalue weighted by Gasteiger charge is 2.06. The first-order chi connectivity index (χ1) is 9.29. The molecule has 0 radical (unpaired) electrons. The van der Waals surface area contributed by atoms with Crippen molar-refractivity contribution in [3.8, 4) is 0 Å². The zero-order chi connectivity index (χ0) is 13.2. The largest absolute Gasteiger partial charge is 0.392 e. The van der Waals surface area contributed by atoms with Gasteiger partial charge >= 0.3 is 0 Å². The first-order valence-corrected chi connectivity index (χ1v) is 6.44. The fourth-order valence-electron chi connectivity index (χ4n) is 2.54. The Balaban J connectivity index is 1.91. The fourth-order valence-corrected chi connectivity index (χ4v) is 2.54. The van der Waals surface area contributed by atoms with Gasteiger partial charge in [-0.3, -0.25) is 4.68 Å². The van der Waals surface area contributed by atoms with Crippen molar-refractivity contribution in [3.63, 3.8) is 0 Å². The number of fused-ring (bicyclic) bond motifs is 1. The van der Waals surface area contributed by atoms with Gasteiger partial charge in [-0.1, -0.05) is 18.2 Å². The standard InChI is InChI=1S/C15H17N3O/c1-17-14(5-8-16-17)7-10-18-9-6-12-3-2-4-13(11-19)15(12)18/h2-6,8-9,19H,7,10-11H2,1H3. The molecule has 0 amide bonds. The van der Waals surface area contributed by atoms with E-state index in [4.69, 9.17) is 0 Å². The lowest BCUT2D eigenvalue weighted by molar-refractivity contribution is 0.283. The van der Waals surface area contributed by atoms with Gasteiger partial charge in [0.1, 0.15) is 0 Å². The molecule has 2 heterocycles. The van der Waals surface area contributed by atoms with Crippen molar-refractivity contribution < 1.29 is 5.11 Å². The Morgan fingerprint density at radius 1 is 1.21 bits per heavy atom. The van der Waals surface area contributed by atoms with Crippen LogP contribution in [0.5, 0.6) is 0 Å². The highest BCUT2D eigenvalue weighted by Crippen LogP contribution is 2.20. The van der Waals surface area contributed by atoms with Crippen molar-refractivity contribution in [1.82, 2.24) is 14.3 Å². The minimum absolute atomic E-state index is 0.0765. The van der Waals surface area contributed by atoms with Crippen molar-refractivity contribution in [2.75, 3.05) is 0 Å². The topological polar surface area (TPSA) is 43.0 Å². The van der Waals surface area contributed by atoms with E-state index in [1.165, 1.54) is 11.1 Å². The van der Waals surface area contributed by atoms with E-state index in [1.54, 1.807) is 0 Å². The summed E-state index contributed by atoms with van der Waals surface area (Å²) in [6, 6.07) is 10.2. The van der Waals surface area contributed by atoms with Gasteiger partial charge < -0.3 is 9.67 Å². The fraction of sp³-hybridized carbons (Fsp3) is 0.267. The van der Waals surface area contributed by atoms with E-state index in [2.05, 4.69) is 28.0 Å². The Morgan fingerprint density at radius 3 is 2.84 bits per heavy atom. The molecule has 1 N–H and O–H groups in total. The van der Waals surface area contributed by atoms with E-state index in [-0.39, 0.29) is 6.61 Å². The smallest absolute Gasteiger partial charge is 0.0702 e. The second kappa shape index (κ2) is 4.90. The van der Waals surface area contributed by atoms with Gasteiger partial charge in [0, 0.05) is 43.7 Å². The van der Waals surface area contributed by atoms with Crippen molar-refractivity contribution in [1.29, 1.82) is 0 Å². The van der Waals surface area contributed by atoms with Crippen LogP contribution < -0.4 is 0 Å². The molecular weight excluding hydrogens is 238 g/mol. The third kappa shape index (κ3) is 2.15. The van der Waals surface area contributed by atoms with E-state index < -0.39 is 0 Å². The first kappa shape index (κ1) is 12.0. The van der Waals surface area contributed by atoms with Crippen LogP contribution in [0.3, 0.4) is 0 Å². The Bertz CT molecular complexity index is 696. The zero-order valence-electron chi connectivity index (χ0n) is 11.0. The maximum absolute atomic E-state index is 9.45. The molecule has 0 unspecified atom stereocenters. The van der Waals surface area contributed by atoms with Crippen molar-refractivity contribution in [2.24, 2.45) is 7.05 Å². The minimum Gasteiger partial charge on any atom is -0.392 e. The molecule has 0 aliphatic carbocycles. The van der Waals surface area contributed by atoms with Crippen LogP contribution in [0.4, 0.5) is 0 Å². The van der Waals surface area contributed by atoms with E-state index in [0.717, 1.165) is 24.0 Å². The van der Waals surface area contributed by atoms with Crippen LogP contribution in [0, 0.1) is 0 Å². The van der Waals surface area contributed by atoms with Crippen molar-refractivity contribution in [3.05, 3.63) is 54.0 Å². The molecule has 3 aromatic rings. The van der Waals surface area contributed by atoms with Gasteiger partial charge in [-0.2, -0.15) is 5.10 Å². The van der Waals surface area contributed by atoms with E-state index in [9.17, 15) is 5.11 Å². The normalized spacial score (nSPS) is 11.3. The minimum atomic E-state index is 0.0765. The molecule has 3 rings (SSSR count). The van der Waals surface area contributed by atoms with Crippen molar-refractivity contribution >= 4 is 10.9 Å². The molecule has 1 aromatic carbocycles. The lowest BCUT2D eigenvalue weighted by atomic mass is 10.1. The van der Waals surface area contributed by atoms with E-state index in [1.807, 2.05) is 36.1 Å². The Labute approximate surface area is 111 Å². The molecule has 0 fully saturated rings. The summed E-state index contributed by atoms with van der Waals surface area (Å²) in [5.74, 6) is 0. The first-order valence-electron chi connectivity index (χ1n) is 6.44. The van der Waals surface area contributed by atoms with Gasteiger partial charge in [0.15, 0.2) is 0 Å². The highest BCUT2D eigenvalue weighted by molar-refractivity contribution is 5.83. The predicted octanol–water partition coefficient (Wildman–Crippen LogP) is 2.11. The van der Waals surface area contributed by atoms with Crippen LogP contribution in [-0.4, -0.2) is 19.5 Å². The number of aliphatic hydroxyl groups is 1. The number of aryl methyl sites for hydroxylation is 3. The summed E-state index contributed by atoms with van der Waals surface area (Å²) in [5, 5.41) is 14.8. The van der Waals surface area contributed by atoms with E-state index >= 15 is 0 Å². The third-order valence-electron chi connectivity index (χ3n) is 3.57. The van der Waals surface area contributed by atoms with Gasteiger partial charge in [0.2, 0.25) is 0 Å². The molecule has 98 valence electrons. The number of aliphatic hydroxyl groups excluding tert-OH is 1. The summed E-state index contributed by atoms with van der Waals surface area (Å²) in [5.41, 5.74) is 3.32. The highest BCUT2D eigenvalue weighted by atomic mass is 16.3. The van der Waals surface area contributed by atoms with Crippen LogP contribution in [0.15, 0.2) is 42.7 Å². The van der Waals surface area contributed by atoms with Gasteiger partial charge in [-0.05, 0) is 17.5 Å². The molecule has 0 saturated heterocycles. The molecule has 19 heavy (non-hydrogen) atoms. The maximum atomic E-state index is 9.45. The molecule has 4 heteroatoms. The summed E-state index contributed by atoms with van der Waals surface area (Å²) in [4.78, 5) is 0. The van der Waals surface area contributed by atoms with Crippen molar-refractivity contribution in [2.45, 2.75) is 19.6 Å². The van der Waals surface area contributed by atoms with E-state index in [0.29, 0.717) is 0 Å². The molecule has 2 aromatic heterocycles. The van der Waals surface area contributed by atoms with Gasteiger partial charge in [-0.25, -0.2) is 0 Å². The Kier molecular flexibility index (Phi) is 3.09. The molecular formula is C15H17N3O. The predicted molar refractivity (Wildman–Crippen MR) is 74.8 cm³/mol. The molecule has 0 atom stereocenters. The lowest BCUT2D eigenvalue weighted by Gasteiger charge is -2.08. The van der Waals surface area contributed by atoms with Crippen LogP contribution in [0.25, 0.3) is 10.9 Å². The third-order valence-corrected chi connectivity index (χ3v) is 3.57. The number of rotatable bonds is 4. The summed E-state index contributed by atoms with van der Waals surface area (Å²) in [7, 11) is 1.96. The molecule has 0 aliphatic rings. The maximum Gasteiger partial charge on any atom is 0.0702 e. The zero-order valence-corrected chi connectivity index (χ0v) is 11.0. The second-order valence-corrected chi connectivity index (χ2v) is 4.72. The van der Waals surface area contributed by atoms with Crippen LogP contribution in [0.1, 0.15) is 11.3 Å². The molecule has 0 saturated carbocycles.